The first-order chi connectivity index (χ1) is 13.9. The van der Waals surface area contributed by atoms with Gasteiger partial charge >= 0.3 is 6.09 Å². The predicted molar refractivity (Wildman–Crippen MR) is 110 cm³/mol. The van der Waals surface area contributed by atoms with Crippen LogP contribution >= 0.6 is 15.9 Å². The third-order valence-corrected chi connectivity index (χ3v) is 4.17. The molecule has 0 aliphatic carbocycles. The molecule has 2 rings (SSSR count). The first kappa shape index (κ1) is 23.3. The van der Waals surface area contributed by atoms with E-state index in [9.17, 15) is 23.2 Å². The van der Waals surface area contributed by atoms with Gasteiger partial charge in [-0.1, -0.05) is 0 Å². The van der Waals surface area contributed by atoms with Crippen molar-refractivity contribution >= 4 is 39.5 Å². The second kappa shape index (κ2) is 9.24. The van der Waals surface area contributed by atoms with Crippen molar-refractivity contribution in [3.05, 3.63) is 52.3 Å². The lowest BCUT2D eigenvalue weighted by Gasteiger charge is -2.22. The largest absolute Gasteiger partial charge is 0.444 e. The van der Waals surface area contributed by atoms with E-state index in [2.05, 4.69) is 32.0 Å². The Balaban J connectivity index is 2.10. The van der Waals surface area contributed by atoms with E-state index in [0.29, 0.717) is 10.5 Å². The van der Waals surface area contributed by atoms with Crippen molar-refractivity contribution in [2.24, 2.45) is 0 Å². The van der Waals surface area contributed by atoms with Crippen LogP contribution in [0, 0.1) is 11.6 Å². The second-order valence-electron chi connectivity index (χ2n) is 7.34. The average Bonchev–Trinajstić information content (AvgIpc) is 2.92. The summed E-state index contributed by atoms with van der Waals surface area (Å²) < 4.78 is 33.2. The molecule has 1 aromatic heterocycles. The van der Waals surface area contributed by atoms with Crippen LogP contribution < -0.4 is 16.1 Å². The standard InChI is InChI=1S/C19H21BrF2N4O4/c1-10(23-18(29)30-19(2,3)4)16(27)25-26-6-5-14(20)15(26)17(28)24-13-8-11(21)7-12(22)9-13/h5-10H,1-4H3,(H,23,29)(H,24,28)(H,25,27)/t10-/m0/s1. The Morgan fingerprint density at radius 1 is 1.13 bits per heavy atom. The Labute approximate surface area is 180 Å². The van der Waals surface area contributed by atoms with Crippen LogP contribution in [0.25, 0.3) is 0 Å². The maximum atomic E-state index is 13.3. The number of hydrogen-bond donors (Lipinski definition) is 3. The number of aromatic nitrogens is 1. The number of rotatable bonds is 5. The SMILES string of the molecule is C[C@H](NC(=O)OC(C)(C)C)C(=O)Nn1ccc(Br)c1C(=O)Nc1cc(F)cc(F)c1. The van der Waals surface area contributed by atoms with Gasteiger partial charge in [0, 0.05) is 18.0 Å². The number of alkyl carbamates (subject to hydrolysis) is 1. The average molecular weight is 487 g/mol. The van der Waals surface area contributed by atoms with Crippen LogP contribution in [0.2, 0.25) is 0 Å². The Morgan fingerprint density at radius 3 is 2.30 bits per heavy atom. The summed E-state index contributed by atoms with van der Waals surface area (Å²) in [4.78, 5) is 36.8. The molecule has 0 bridgehead atoms. The van der Waals surface area contributed by atoms with Crippen molar-refractivity contribution in [3.8, 4) is 0 Å². The maximum Gasteiger partial charge on any atom is 0.408 e. The van der Waals surface area contributed by atoms with Gasteiger partial charge in [0.25, 0.3) is 11.8 Å². The lowest BCUT2D eigenvalue weighted by atomic mass is 10.2. The molecule has 1 atom stereocenters. The van der Waals surface area contributed by atoms with Crippen LogP contribution in [0.5, 0.6) is 0 Å². The highest BCUT2D eigenvalue weighted by Crippen LogP contribution is 2.20. The number of ether oxygens (including phenoxy) is 1. The molecule has 162 valence electrons. The van der Waals surface area contributed by atoms with Crippen molar-refractivity contribution in [2.45, 2.75) is 39.3 Å². The smallest absolute Gasteiger partial charge is 0.408 e. The number of hydrogen-bond acceptors (Lipinski definition) is 4. The minimum absolute atomic E-state index is 0.0301. The number of carbonyl (C=O) groups is 3. The molecule has 1 aromatic carbocycles. The molecule has 11 heteroatoms. The zero-order valence-corrected chi connectivity index (χ0v) is 18.3. The molecule has 2 aromatic rings. The quantitative estimate of drug-likeness (QED) is 0.598. The van der Waals surface area contributed by atoms with E-state index in [-0.39, 0.29) is 11.4 Å². The molecule has 0 saturated carbocycles. The van der Waals surface area contributed by atoms with Crippen LogP contribution in [-0.2, 0) is 9.53 Å². The molecule has 3 amide bonds. The minimum atomic E-state index is -0.978. The summed E-state index contributed by atoms with van der Waals surface area (Å²) in [6, 6.07) is 3.09. The summed E-state index contributed by atoms with van der Waals surface area (Å²) in [5.41, 5.74) is 1.60. The minimum Gasteiger partial charge on any atom is -0.444 e. The topological polar surface area (TPSA) is 101 Å². The summed E-state index contributed by atoms with van der Waals surface area (Å²) in [5.74, 6) is -3.06. The van der Waals surface area contributed by atoms with Crippen LogP contribution in [0.4, 0.5) is 19.3 Å². The van der Waals surface area contributed by atoms with Gasteiger partial charge < -0.3 is 15.4 Å². The van der Waals surface area contributed by atoms with E-state index in [1.165, 1.54) is 19.2 Å². The second-order valence-corrected chi connectivity index (χ2v) is 8.19. The number of amides is 3. The molecule has 0 radical (unpaired) electrons. The molecule has 8 nitrogen and oxygen atoms in total. The maximum absolute atomic E-state index is 13.3. The van der Waals surface area contributed by atoms with Crippen LogP contribution in [0.15, 0.2) is 34.9 Å². The van der Waals surface area contributed by atoms with Gasteiger partial charge in [-0.15, -0.1) is 0 Å². The van der Waals surface area contributed by atoms with Crippen LogP contribution in [-0.4, -0.2) is 34.2 Å². The first-order valence-corrected chi connectivity index (χ1v) is 9.59. The number of nitrogens with zero attached hydrogens (tertiary/aromatic N) is 1. The zero-order chi connectivity index (χ0) is 22.6. The van der Waals surface area contributed by atoms with Gasteiger partial charge in [-0.3, -0.25) is 19.7 Å². The summed E-state index contributed by atoms with van der Waals surface area (Å²) in [6.45, 7) is 6.49. The molecule has 0 fully saturated rings. The number of carbonyl (C=O) groups excluding carboxylic acids is 3. The Kier molecular flexibility index (Phi) is 7.19. The van der Waals surface area contributed by atoms with E-state index in [0.717, 1.165) is 16.8 Å². The van der Waals surface area contributed by atoms with E-state index in [4.69, 9.17) is 4.74 Å². The summed E-state index contributed by atoms with van der Waals surface area (Å²) in [7, 11) is 0. The van der Waals surface area contributed by atoms with Gasteiger partial charge in [-0.25, -0.2) is 13.6 Å². The molecular formula is C19H21BrF2N4O4. The van der Waals surface area contributed by atoms with Crippen LogP contribution in [0.3, 0.4) is 0 Å². The van der Waals surface area contributed by atoms with E-state index >= 15 is 0 Å². The van der Waals surface area contributed by atoms with Crippen molar-refractivity contribution in [2.75, 3.05) is 10.7 Å². The monoisotopic (exact) mass is 486 g/mol. The number of nitrogens with one attached hydrogen (secondary N) is 3. The third kappa shape index (κ3) is 6.55. The van der Waals surface area contributed by atoms with Gasteiger partial charge in [0.1, 0.15) is 29.0 Å². The molecule has 1 heterocycles. The zero-order valence-electron chi connectivity index (χ0n) is 16.7. The lowest BCUT2D eigenvalue weighted by Crippen LogP contribution is -2.46. The fourth-order valence-corrected chi connectivity index (χ4v) is 2.79. The summed E-state index contributed by atoms with van der Waals surface area (Å²) in [5, 5.41) is 4.74. The molecule has 0 saturated heterocycles. The number of benzene rings is 1. The van der Waals surface area contributed by atoms with E-state index in [1.807, 2.05) is 0 Å². The molecule has 0 spiro atoms. The van der Waals surface area contributed by atoms with Crippen molar-refractivity contribution < 1.29 is 27.9 Å². The van der Waals surface area contributed by atoms with Crippen molar-refractivity contribution in [1.29, 1.82) is 0 Å². The van der Waals surface area contributed by atoms with Gasteiger partial charge in [-0.2, -0.15) is 0 Å². The number of halogens is 3. The van der Waals surface area contributed by atoms with Crippen LogP contribution in [0.1, 0.15) is 38.2 Å². The highest BCUT2D eigenvalue weighted by atomic mass is 79.9. The molecule has 0 aliphatic rings. The normalized spacial score (nSPS) is 12.1. The Bertz CT molecular complexity index is 952. The van der Waals surface area contributed by atoms with Crippen molar-refractivity contribution in [1.82, 2.24) is 9.99 Å². The Morgan fingerprint density at radius 2 is 1.73 bits per heavy atom. The molecule has 3 N–H and O–H groups in total. The molecule has 30 heavy (non-hydrogen) atoms. The fourth-order valence-electron chi connectivity index (χ4n) is 2.30. The van der Waals surface area contributed by atoms with E-state index in [1.54, 1.807) is 20.8 Å². The first-order valence-electron chi connectivity index (χ1n) is 8.80. The Hall–Kier alpha value is -2.95. The molecule has 0 unspecified atom stereocenters. The van der Waals surface area contributed by atoms with Gasteiger partial charge in [0.2, 0.25) is 0 Å². The third-order valence-electron chi connectivity index (χ3n) is 3.53. The molecular weight excluding hydrogens is 466 g/mol. The fraction of sp³-hybridized carbons (Fsp3) is 0.316. The summed E-state index contributed by atoms with van der Waals surface area (Å²) >= 11 is 3.19. The van der Waals surface area contributed by atoms with E-state index < -0.39 is 41.2 Å². The lowest BCUT2D eigenvalue weighted by molar-refractivity contribution is -0.118. The number of anilines is 1. The molecule has 0 aliphatic heterocycles. The summed E-state index contributed by atoms with van der Waals surface area (Å²) in [6.07, 6.45) is 0.619. The highest BCUT2D eigenvalue weighted by molar-refractivity contribution is 9.10. The highest BCUT2D eigenvalue weighted by Gasteiger charge is 2.23. The van der Waals surface area contributed by atoms with Crippen molar-refractivity contribution in [3.63, 3.8) is 0 Å². The van der Waals surface area contributed by atoms with Gasteiger partial charge in [0.15, 0.2) is 0 Å². The van der Waals surface area contributed by atoms with Gasteiger partial charge in [0.05, 0.1) is 4.47 Å². The van der Waals surface area contributed by atoms with Gasteiger partial charge in [-0.05, 0) is 61.8 Å². The predicted octanol–water partition coefficient (Wildman–Crippen LogP) is 3.76.